The minimum atomic E-state index is 0. The van der Waals surface area contributed by atoms with Crippen LogP contribution in [-0.2, 0) is 0 Å². The number of nitrogens with one attached hydrogen (secondary N) is 2. The van der Waals surface area contributed by atoms with E-state index in [1.807, 2.05) is 36.9 Å². The quantitative estimate of drug-likeness (QED) is 0.280. The molecule has 1 rings (SSSR count). The molecule has 0 aliphatic carbocycles. The van der Waals surface area contributed by atoms with Crippen LogP contribution in [0, 0.1) is 0 Å². The van der Waals surface area contributed by atoms with Gasteiger partial charge in [0, 0.05) is 23.2 Å². The van der Waals surface area contributed by atoms with Crippen LogP contribution in [0.1, 0.15) is 13.8 Å². The monoisotopic (exact) mass is 409 g/mol. The van der Waals surface area contributed by atoms with E-state index in [2.05, 4.69) is 34.7 Å². The Morgan fingerprint density at radius 1 is 1.30 bits per heavy atom. The molecule has 6 heteroatoms. The third-order valence-corrected chi connectivity index (χ3v) is 3.43. The largest absolute Gasteiger partial charge is 0.395 e. The number of nitrogens with zero attached hydrogens (tertiary/aromatic N) is 1. The minimum absolute atomic E-state index is 0. The molecular weight excluding hydrogens is 385 g/mol. The maximum absolute atomic E-state index is 8.81. The van der Waals surface area contributed by atoms with Crippen molar-refractivity contribution in [3.05, 3.63) is 30.3 Å². The first-order valence-corrected chi connectivity index (χ1v) is 7.49. The summed E-state index contributed by atoms with van der Waals surface area (Å²) in [5.74, 6) is 0.761. The molecule has 0 bridgehead atoms. The summed E-state index contributed by atoms with van der Waals surface area (Å²) in [6.45, 7) is 6.37. The summed E-state index contributed by atoms with van der Waals surface area (Å²) >= 11 is 1.82. The minimum Gasteiger partial charge on any atom is -0.395 e. The summed E-state index contributed by atoms with van der Waals surface area (Å²) in [6, 6.07) is 10.3. The average Bonchev–Trinajstić information content (AvgIpc) is 2.43. The normalized spacial score (nSPS) is 12.4. The number of aliphatic imine (C=N–C) groups is 1. The van der Waals surface area contributed by atoms with Gasteiger partial charge in [0.1, 0.15) is 0 Å². The van der Waals surface area contributed by atoms with E-state index in [-0.39, 0.29) is 30.6 Å². The summed E-state index contributed by atoms with van der Waals surface area (Å²) in [4.78, 5) is 5.77. The number of benzene rings is 1. The predicted molar refractivity (Wildman–Crippen MR) is 98.2 cm³/mol. The molecule has 3 N–H and O–H groups in total. The van der Waals surface area contributed by atoms with E-state index in [1.54, 1.807) is 0 Å². The molecule has 0 spiro atoms. The number of rotatable bonds is 7. The zero-order valence-electron chi connectivity index (χ0n) is 12.0. The zero-order chi connectivity index (χ0) is 13.9. The molecule has 1 unspecified atom stereocenters. The van der Waals surface area contributed by atoms with Crippen molar-refractivity contribution in [3.8, 4) is 0 Å². The van der Waals surface area contributed by atoms with Crippen molar-refractivity contribution in [1.29, 1.82) is 0 Å². The van der Waals surface area contributed by atoms with Gasteiger partial charge in [-0.05, 0) is 19.1 Å². The van der Waals surface area contributed by atoms with E-state index < -0.39 is 0 Å². The third kappa shape index (κ3) is 8.65. The van der Waals surface area contributed by atoms with Crippen LogP contribution in [0.15, 0.2) is 40.2 Å². The van der Waals surface area contributed by atoms with E-state index in [9.17, 15) is 0 Å². The van der Waals surface area contributed by atoms with Crippen molar-refractivity contribution in [2.75, 3.05) is 26.2 Å². The van der Waals surface area contributed by atoms with Gasteiger partial charge in [-0.25, -0.2) is 0 Å². The maximum Gasteiger partial charge on any atom is 0.191 e. The molecular formula is C14H24IN3OS. The lowest BCUT2D eigenvalue weighted by molar-refractivity contribution is 0.300. The van der Waals surface area contributed by atoms with Gasteiger partial charge in [-0.1, -0.05) is 25.1 Å². The molecule has 1 aromatic rings. The first kappa shape index (κ1) is 19.5. The lowest BCUT2D eigenvalue weighted by Gasteiger charge is -2.12. The van der Waals surface area contributed by atoms with Crippen LogP contribution in [0.2, 0.25) is 0 Å². The first-order valence-electron chi connectivity index (χ1n) is 6.61. The summed E-state index contributed by atoms with van der Waals surface area (Å²) in [7, 11) is 0. The van der Waals surface area contributed by atoms with Crippen LogP contribution in [-0.4, -0.2) is 42.6 Å². The van der Waals surface area contributed by atoms with Gasteiger partial charge >= 0.3 is 0 Å². The molecule has 0 aromatic heterocycles. The smallest absolute Gasteiger partial charge is 0.191 e. The van der Waals surface area contributed by atoms with Gasteiger partial charge in [0.05, 0.1) is 13.2 Å². The highest BCUT2D eigenvalue weighted by Gasteiger charge is 2.04. The second-order valence-electron chi connectivity index (χ2n) is 4.11. The van der Waals surface area contributed by atoms with Gasteiger partial charge in [0.15, 0.2) is 5.96 Å². The molecule has 4 nitrogen and oxygen atoms in total. The Morgan fingerprint density at radius 2 is 2.00 bits per heavy atom. The van der Waals surface area contributed by atoms with E-state index >= 15 is 0 Å². The molecule has 0 amide bonds. The molecule has 0 aliphatic rings. The van der Waals surface area contributed by atoms with Crippen molar-refractivity contribution < 1.29 is 5.11 Å². The average molecular weight is 409 g/mol. The van der Waals surface area contributed by atoms with Crippen LogP contribution >= 0.6 is 35.7 Å². The second kappa shape index (κ2) is 12.3. The van der Waals surface area contributed by atoms with Gasteiger partial charge in [0.25, 0.3) is 0 Å². The number of halogens is 1. The predicted octanol–water partition coefficient (Wildman–Crippen LogP) is 2.33. The van der Waals surface area contributed by atoms with E-state index in [0.717, 1.165) is 19.0 Å². The van der Waals surface area contributed by atoms with Gasteiger partial charge in [-0.15, -0.1) is 35.7 Å². The highest BCUT2D eigenvalue weighted by molar-refractivity contribution is 14.0. The lowest BCUT2D eigenvalue weighted by Crippen LogP contribution is -2.39. The Balaban J connectivity index is 0.00000361. The molecule has 114 valence electrons. The van der Waals surface area contributed by atoms with Gasteiger partial charge in [-0.2, -0.15) is 0 Å². The summed E-state index contributed by atoms with van der Waals surface area (Å²) in [5, 5.41) is 15.4. The highest BCUT2D eigenvalue weighted by atomic mass is 127. The molecule has 0 radical (unpaired) electrons. The van der Waals surface area contributed by atoms with E-state index in [0.29, 0.717) is 11.8 Å². The third-order valence-electron chi connectivity index (χ3n) is 2.34. The standard InChI is InChI=1S/C14H23N3OS.HI/c1-3-15-14(16-9-10-18)17-11-12(2)19-13-7-5-4-6-8-13;/h4-8,12,18H,3,9-11H2,1-2H3,(H2,15,16,17);1H. The van der Waals surface area contributed by atoms with Crippen molar-refractivity contribution in [3.63, 3.8) is 0 Å². The maximum atomic E-state index is 8.81. The van der Waals surface area contributed by atoms with E-state index in [4.69, 9.17) is 5.11 Å². The Hall–Kier alpha value is -0.470. The van der Waals surface area contributed by atoms with Crippen LogP contribution < -0.4 is 10.6 Å². The zero-order valence-corrected chi connectivity index (χ0v) is 15.2. The Morgan fingerprint density at radius 3 is 2.60 bits per heavy atom. The second-order valence-corrected chi connectivity index (χ2v) is 5.62. The highest BCUT2D eigenvalue weighted by Crippen LogP contribution is 2.22. The molecule has 0 saturated heterocycles. The number of hydrogen-bond acceptors (Lipinski definition) is 3. The molecule has 0 aliphatic heterocycles. The Bertz CT molecular complexity index is 376. The summed E-state index contributed by atoms with van der Waals surface area (Å²) in [6.07, 6.45) is 0. The lowest BCUT2D eigenvalue weighted by atomic mass is 10.4. The molecule has 1 aromatic carbocycles. The van der Waals surface area contributed by atoms with Gasteiger partial charge < -0.3 is 15.7 Å². The molecule has 1 atom stereocenters. The van der Waals surface area contributed by atoms with Crippen molar-refractivity contribution in [2.24, 2.45) is 4.99 Å². The molecule has 20 heavy (non-hydrogen) atoms. The molecule has 0 fully saturated rings. The van der Waals surface area contributed by atoms with Crippen molar-refractivity contribution in [1.82, 2.24) is 10.6 Å². The number of guanidine groups is 1. The number of hydrogen-bond donors (Lipinski definition) is 3. The summed E-state index contributed by atoms with van der Waals surface area (Å²) in [5.41, 5.74) is 0. The first-order chi connectivity index (χ1) is 9.26. The van der Waals surface area contributed by atoms with Gasteiger partial charge in [-0.3, -0.25) is 4.99 Å². The van der Waals surface area contributed by atoms with Crippen LogP contribution in [0.25, 0.3) is 0 Å². The Labute approximate surface area is 142 Å². The Kier molecular flexibility index (Phi) is 12.0. The number of aliphatic hydroxyl groups excluding tert-OH is 1. The van der Waals surface area contributed by atoms with Crippen molar-refractivity contribution >= 4 is 41.7 Å². The fourth-order valence-electron chi connectivity index (χ4n) is 1.50. The SMILES string of the molecule is CCNC(=NCC(C)Sc1ccccc1)NCCO.I. The molecule has 0 heterocycles. The topological polar surface area (TPSA) is 56.7 Å². The number of thioether (sulfide) groups is 1. The number of aliphatic hydroxyl groups is 1. The van der Waals surface area contributed by atoms with Gasteiger partial charge in [0.2, 0.25) is 0 Å². The fraction of sp³-hybridized carbons (Fsp3) is 0.500. The van der Waals surface area contributed by atoms with E-state index in [1.165, 1.54) is 4.90 Å². The van der Waals surface area contributed by atoms with Crippen LogP contribution in [0.4, 0.5) is 0 Å². The fourth-order valence-corrected chi connectivity index (χ4v) is 2.43. The van der Waals surface area contributed by atoms with Crippen LogP contribution in [0.5, 0.6) is 0 Å². The molecule has 0 saturated carbocycles. The van der Waals surface area contributed by atoms with Crippen LogP contribution in [0.3, 0.4) is 0 Å². The van der Waals surface area contributed by atoms with Crippen molar-refractivity contribution in [2.45, 2.75) is 24.0 Å². The summed E-state index contributed by atoms with van der Waals surface area (Å²) < 4.78 is 0.